The number of fused-ring (bicyclic) bond motifs is 1. The van der Waals surface area contributed by atoms with Gasteiger partial charge >= 0.3 is 0 Å². The Morgan fingerprint density at radius 2 is 1.67 bits per heavy atom. The van der Waals surface area contributed by atoms with Crippen molar-refractivity contribution < 1.29 is 23.6 Å². The van der Waals surface area contributed by atoms with Gasteiger partial charge in [0.05, 0.1) is 11.8 Å². The number of amides is 4. The molecule has 3 rings (SSSR count). The van der Waals surface area contributed by atoms with Crippen LogP contribution >= 0.6 is 0 Å². The molecule has 33 heavy (non-hydrogen) atoms. The third kappa shape index (κ3) is 5.67. The van der Waals surface area contributed by atoms with E-state index in [-0.39, 0.29) is 66.8 Å². The third-order valence-electron chi connectivity index (χ3n) is 6.58. The summed E-state index contributed by atoms with van der Waals surface area (Å²) in [6.45, 7) is 5.59. The summed E-state index contributed by atoms with van der Waals surface area (Å²) >= 11 is 0. The first-order valence-corrected chi connectivity index (χ1v) is 11.6. The van der Waals surface area contributed by atoms with Crippen LogP contribution in [0.5, 0.6) is 0 Å². The molecule has 0 aromatic heterocycles. The summed E-state index contributed by atoms with van der Waals surface area (Å²) in [7, 11) is 0. The van der Waals surface area contributed by atoms with E-state index in [0.717, 1.165) is 6.42 Å². The van der Waals surface area contributed by atoms with Gasteiger partial charge in [0.25, 0.3) is 0 Å². The van der Waals surface area contributed by atoms with E-state index in [0.29, 0.717) is 18.4 Å². The Balaban J connectivity index is 1.71. The summed E-state index contributed by atoms with van der Waals surface area (Å²) in [6, 6.07) is 4.94. The monoisotopic (exact) mass is 457 g/mol. The lowest BCUT2D eigenvalue weighted by Gasteiger charge is -2.30. The van der Waals surface area contributed by atoms with Crippen LogP contribution in [0, 0.1) is 17.7 Å². The minimum absolute atomic E-state index is 0.0108. The number of likely N-dealkylation sites (tertiary alicyclic amines) is 1. The number of allylic oxidation sites excluding steroid dienone is 2. The molecule has 1 aliphatic heterocycles. The van der Waals surface area contributed by atoms with Gasteiger partial charge in [-0.05, 0) is 50.8 Å². The van der Waals surface area contributed by atoms with Crippen molar-refractivity contribution in [1.82, 2.24) is 15.1 Å². The summed E-state index contributed by atoms with van der Waals surface area (Å²) in [4.78, 5) is 54.0. The van der Waals surface area contributed by atoms with Gasteiger partial charge in [0.15, 0.2) is 0 Å². The number of nitrogens with one attached hydrogen (secondary N) is 1. The molecule has 4 atom stereocenters. The van der Waals surface area contributed by atoms with Crippen molar-refractivity contribution >= 4 is 23.6 Å². The lowest BCUT2D eigenvalue weighted by atomic mass is 9.85. The molecule has 0 saturated carbocycles. The molecule has 1 aromatic carbocycles. The van der Waals surface area contributed by atoms with Gasteiger partial charge in [-0.1, -0.05) is 31.2 Å². The zero-order chi connectivity index (χ0) is 24.1. The molecule has 0 spiro atoms. The van der Waals surface area contributed by atoms with Gasteiger partial charge in [0.2, 0.25) is 23.6 Å². The first kappa shape index (κ1) is 24.6. The van der Waals surface area contributed by atoms with Gasteiger partial charge in [-0.2, -0.15) is 0 Å². The zero-order valence-corrected chi connectivity index (χ0v) is 19.4. The van der Waals surface area contributed by atoms with Crippen LogP contribution in [0.25, 0.3) is 0 Å². The number of carbonyl (C=O) groups is 4. The molecule has 1 heterocycles. The maximum absolute atomic E-state index is 13.3. The highest BCUT2D eigenvalue weighted by Gasteiger charge is 2.47. The fourth-order valence-electron chi connectivity index (χ4n) is 4.28. The predicted molar refractivity (Wildman–Crippen MR) is 121 cm³/mol. The Kier molecular flexibility index (Phi) is 8.00. The average molecular weight is 458 g/mol. The summed E-state index contributed by atoms with van der Waals surface area (Å²) in [5.41, 5.74) is 0.679. The zero-order valence-electron chi connectivity index (χ0n) is 19.4. The van der Waals surface area contributed by atoms with Crippen LogP contribution in [-0.4, -0.2) is 52.1 Å². The lowest BCUT2D eigenvalue weighted by molar-refractivity contribution is -0.143. The molecule has 1 aromatic rings. The minimum Gasteiger partial charge on any atom is -0.352 e. The van der Waals surface area contributed by atoms with E-state index in [2.05, 4.69) is 5.32 Å². The topological polar surface area (TPSA) is 86.8 Å². The SMILES string of the molecule is CCC(C)NC(=O)C(C)N(Cc1ccc(F)cc1)C(=O)CCN1C(=O)[C@H]2CC=CC[C@H]2C1=O. The maximum Gasteiger partial charge on any atom is 0.242 e. The molecular weight excluding hydrogens is 425 g/mol. The van der Waals surface area contributed by atoms with Crippen molar-refractivity contribution in [2.75, 3.05) is 6.54 Å². The Morgan fingerprint density at radius 3 is 2.21 bits per heavy atom. The number of benzene rings is 1. The first-order chi connectivity index (χ1) is 15.7. The van der Waals surface area contributed by atoms with Gasteiger partial charge in [-0.15, -0.1) is 0 Å². The van der Waals surface area contributed by atoms with Gasteiger partial charge in [-0.3, -0.25) is 24.1 Å². The van der Waals surface area contributed by atoms with Gasteiger partial charge < -0.3 is 10.2 Å². The second-order valence-electron chi connectivity index (χ2n) is 8.88. The van der Waals surface area contributed by atoms with Crippen molar-refractivity contribution in [2.45, 2.75) is 65.1 Å². The van der Waals surface area contributed by atoms with Crippen LogP contribution in [0.3, 0.4) is 0 Å². The molecule has 2 unspecified atom stereocenters. The molecule has 178 valence electrons. The number of carbonyl (C=O) groups excluding carboxylic acids is 4. The highest BCUT2D eigenvalue weighted by Crippen LogP contribution is 2.35. The Labute approximate surface area is 194 Å². The normalized spacial score (nSPS) is 21.5. The van der Waals surface area contributed by atoms with E-state index in [4.69, 9.17) is 0 Å². The Hall–Kier alpha value is -3.03. The summed E-state index contributed by atoms with van der Waals surface area (Å²) in [6.07, 6.45) is 5.60. The van der Waals surface area contributed by atoms with Crippen molar-refractivity contribution in [3.63, 3.8) is 0 Å². The van der Waals surface area contributed by atoms with Gasteiger partial charge in [0.1, 0.15) is 11.9 Å². The number of nitrogens with zero attached hydrogens (tertiary/aromatic N) is 2. The Bertz CT molecular complexity index is 904. The fourth-order valence-corrected chi connectivity index (χ4v) is 4.28. The highest BCUT2D eigenvalue weighted by molar-refractivity contribution is 6.05. The molecule has 0 radical (unpaired) electrons. The second-order valence-corrected chi connectivity index (χ2v) is 8.88. The maximum atomic E-state index is 13.3. The molecular formula is C25H32FN3O4. The summed E-state index contributed by atoms with van der Waals surface area (Å²) in [5, 5.41) is 2.89. The van der Waals surface area contributed by atoms with E-state index in [1.54, 1.807) is 19.1 Å². The molecule has 2 aliphatic rings. The van der Waals surface area contributed by atoms with Crippen molar-refractivity contribution in [1.29, 1.82) is 0 Å². The van der Waals surface area contributed by atoms with Gasteiger partial charge in [-0.25, -0.2) is 4.39 Å². The first-order valence-electron chi connectivity index (χ1n) is 11.6. The van der Waals surface area contributed by atoms with Gasteiger partial charge in [0, 0.05) is 25.6 Å². The molecule has 1 saturated heterocycles. The Morgan fingerprint density at radius 1 is 1.09 bits per heavy atom. The number of imide groups is 1. The van der Waals surface area contributed by atoms with Crippen LogP contribution in [0.15, 0.2) is 36.4 Å². The highest BCUT2D eigenvalue weighted by atomic mass is 19.1. The second kappa shape index (κ2) is 10.7. The van der Waals surface area contributed by atoms with Crippen molar-refractivity contribution in [2.24, 2.45) is 11.8 Å². The molecule has 0 bridgehead atoms. The molecule has 1 fully saturated rings. The van der Waals surface area contributed by atoms with E-state index >= 15 is 0 Å². The van der Waals surface area contributed by atoms with Crippen LogP contribution < -0.4 is 5.32 Å². The number of rotatable bonds is 9. The standard InChI is InChI=1S/C25H32FN3O4/c1-4-16(2)27-23(31)17(3)29(15-18-9-11-19(26)12-10-18)22(30)13-14-28-24(32)20-7-5-6-8-21(20)25(28)33/h5-6,9-12,16-17,20-21H,4,7-8,13-15H2,1-3H3,(H,27,31)/t16?,17?,20-,21+. The van der Waals surface area contributed by atoms with Crippen LogP contribution in [0.1, 0.15) is 52.0 Å². The van der Waals surface area contributed by atoms with E-state index in [1.165, 1.54) is 21.9 Å². The molecule has 4 amide bonds. The predicted octanol–water partition coefficient (Wildman–Crippen LogP) is 2.80. The third-order valence-corrected chi connectivity index (χ3v) is 6.58. The van der Waals surface area contributed by atoms with Crippen LogP contribution in [0.4, 0.5) is 4.39 Å². The lowest BCUT2D eigenvalue weighted by Crippen LogP contribution is -2.50. The minimum atomic E-state index is -0.770. The smallest absolute Gasteiger partial charge is 0.242 e. The fraction of sp³-hybridized carbons (Fsp3) is 0.520. The molecule has 1 aliphatic carbocycles. The number of hydrogen-bond donors (Lipinski definition) is 1. The summed E-state index contributed by atoms with van der Waals surface area (Å²) in [5.74, 6) is -2.16. The number of hydrogen-bond acceptors (Lipinski definition) is 4. The molecule has 8 heteroatoms. The van der Waals surface area contributed by atoms with E-state index in [9.17, 15) is 23.6 Å². The summed E-state index contributed by atoms with van der Waals surface area (Å²) < 4.78 is 13.3. The molecule has 7 nitrogen and oxygen atoms in total. The molecule has 1 N–H and O–H groups in total. The largest absolute Gasteiger partial charge is 0.352 e. The average Bonchev–Trinajstić information content (AvgIpc) is 3.06. The van der Waals surface area contributed by atoms with E-state index in [1.807, 2.05) is 26.0 Å². The van der Waals surface area contributed by atoms with E-state index < -0.39 is 6.04 Å². The van der Waals surface area contributed by atoms with Crippen LogP contribution in [-0.2, 0) is 25.7 Å². The number of halogens is 1. The van der Waals surface area contributed by atoms with Crippen LogP contribution in [0.2, 0.25) is 0 Å². The van der Waals surface area contributed by atoms with Crippen molar-refractivity contribution in [3.8, 4) is 0 Å². The quantitative estimate of drug-likeness (QED) is 0.456. The van der Waals surface area contributed by atoms with Crippen molar-refractivity contribution in [3.05, 3.63) is 47.8 Å².